The van der Waals surface area contributed by atoms with E-state index < -0.39 is 18.0 Å². The van der Waals surface area contributed by atoms with Gasteiger partial charge < -0.3 is 19.9 Å². The number of carbonyl (C=O) groups is 2. The van der Waals surface area contributed by atoms with Crippen LogP contribution in [0.1, 0.15) is 6.92 Å². The Morgan fingerprint density at radius 1 is 1.06 bits per heavy atom. The van der Waals surface area contributed by atoms with Crippen LogP contribution in [0.3, 0.4) is 0 Å². The normalized spacial score (nSPS) is 18.7. The van der Waals surface area contributed by atoms with Crippen LogP contribution in [0.25, 0.3) is 11.0 Å². The van der Waals surface area contributed by atoms with Crippen molar-refractivity contribution in [2.45, 2.75) is 13.0 Å². The van der Waals surface area contributed by atoms with Crippen LogP contribution in [0.15, 0.2) is 41.0 Å². The van der Waals surface area contributed by atoms with Crippen molar-refractivity contribution >= 4 is 40.1 Å². The maximum absolute atomic E-state index is 15.0. The summed E-state index contributed by atoms with van der Waals surface area (Å²) in [4.78, 5) is 28.9. The first-order valence-electron chi connectivity index (χ1n) is 10.7. The number of halogens is 1. The van der Waals surface area contributed by atoms with E-state index in [1.807, 2.05) is 23.1 Å². The average molecular weight is 454 g/mol. The lowest BCUT2D eigenvalue weighted by Gasteiger charge is -2.37. The summed E-state index contributed by atoms with van der Waals surface area (Å²) < 4.78 is 25.0. The first-order valence-corrected chi connectivity index (χ1v) is 10.7. The van der Waals surface area contributed by atoms with Crippen molar-refractivity contribution in [2.24, 2.45) is 0 Å². The number of nitrogens with zero attached hydrogens (tertiary/aromatic N) is 5. The number of hydrogen-bond acceptors (Lipinski definition) is 8. The number of benzene rings is 2. The Morgan fingerprint density at radius 2 is 1.79 bits per heavy atom. The molecule has 0 unspecified atom stereocenters. The molecule has 33 heavy (non-hydrogen) atoms. The lowest BCUT2D eigenvalue weighted by atomic mass is 10.2. The topological polar surface area (TPSA) is 104 Å². The number of rotatable bonds is 5. The molecule has 172 valence electrons. The third kappa shape index (κ3) is 4.26. The standard InChI is InChI=1S/C22H23FN6O4/c1-14(30)24-12-17-13-29(22(31)32-17)16-3-5-21(18(23)10-16)28-8-6-27(7-9-28)15-2-4-19-20(11-15)26-33-25-19/h2-5,10-11,17H,6-9,12-13H2,1H3,(H,24,30)/t17-/m0/s1. The van der Waals surface area contributed by atoms with Gasteiger partial charge >= 0.3 is 6.09 Å². The first kappa shape index (κ1) is 21.0. The van der Waals surface area contributed by atoms with Crippen molar-refractivity contribution in [1.82, 2.24) is 15.6 Å². The fraction of sp³-hybridized carbons (Fsp3) is 0.364. The molecule has 1 N–H and O–H groups in total. The minimum Gasteiger partial charge on any atom is -0.442 e. The SMILES string of the molecule is CC(=O)NC[C@H]1CN(c2ccc(N3CCN(c4ccc5nonc5c4)CC3)c(F)c2)C(=O)O1. The summed E-state index contributed by atoms with van der Waals surface area (Å²) in [6, 6.07) is 10.6. The van der Waals surface area contributed by atoms with Crippen molar-refractivity contribution in [3.8, 4) is 0 Å². The van der Waals surface area contributed by atoms with Crippen LogP contribution < -0.4 is 20.0 Å². The van der Waals surface area contributed by atoms with Crippen LogP contribution in [-0.2, 0) is 9.53 Å². The van der Waals surface area contributed by atoms with Crippen LogP contribution in [0, 0.1) is 5.82 Å². The molecule has 2 aromatic carbocycles. The number of hydrogen-bond donors (Lipinski definition) is 1. The molecule has 2 aliphatic rings. The second-order valence-electron chi connectivity index (χ2n) is 8.10. The number of ether oxygens (including phenoxy) is 1. The molecular weight excluding hydrogens is 431 g/mol. The lowest BCUT2D eigenvalue weighted by Crippen LogP contribution is -2.46. The molecule has 1 atom stereocenters. The van der Waals surface area contributed by atoms with E-state index in [9.17, 15) is 9.59 Å². The molecule has 11 heteroatoms. The minimum absolute atomic E-state index is 0.198. The predicted octanol–water partition coefficient (Wildman–Crippen LogP) is 2.15. The summed E-state index contributed by atoms with van der Waals surface area (Å²) in [5.41, 5.74) is 3.37. The summed E-state index contributed by atoms with van der Waals surface area (Å²) >= 11 is 0. The number of piperazine rings is 1. The van der Waals surface area contributed by atoms with Crippen molar-refractivity contribution in [3.05, 3.63) is 42.2 Å². The molecule has 0 spiro atoms. The zero-order valence-electron chi connectivity index (χ0n) is 18.0. The van der Waals surface area contributed by atoms with Gasteiger partial charge in [-0.15, -0.1) is 0 Å². The van der Waals surface area contributed by atoms with Crippen molar-refractivity contribution < 1.29 is 23.3 Å². The van der Waals surface area contributed by atoms with Gasteiger partial charge in [0.2, 0.25) is 5.91 Å². The average Bonchev–Trinajstić information content (AvgIpc) is 3.43. The van der Waals surface area contributed by atoms with Gasteiger partial charge in [0.25, 0.3) is 0 Å². The lowest BCUT2D eigenvalue weighted by molar-refractivity contribution is -0.119. The maximum Gasteiger partial charge on any atom is 0.414 e. The van der Waals surface area contributed by atoms with Crippen molar-refractivity contribution in [1.29, 1.82) is 0 Å². The van der Waals surface area contributed by atoms with Gasteiger partial charge in [0.05, 0.1) is 24.5 Å². The molecule has 1 aromatic heterocycles. The summed E-state index contributed by atoms with van der Waals surface area (Å²) in [6.07, 6.45) is -1.02. The fourth-order valence-electron chi connectivity index (χ4n) is 4.19. The molecular formula is C22H23FN6O4. The van der Waals surface area contributed by atoms with Gasteiger partial charge in [0.15, 0.2) is 0 Å². The van der Waals surface area contributed by atoms with Crippen LogP contribution in [-0.4, -0.2) is 67.7 Å². The van der Waals surface area contributed by atoms with Gasteiger partial charge in [-0.05, 0) is 46.7 Å². The van der Waals surface area contributed by atoms with E-state index in [-0.39, 0.29) is 19.0 Å². The van der Waals surface area contributed by atoms with Crippen LogP contribution >= 0.6 is 0 Å². The fourth-order valence-corrected chi connectivity index (χ4v) is 4.19. The van der Waals surface area contributed by atoms with E-state index in [2.05, 4.69) is 20.5 Å². The third-order valence-corrected chi connectivity index (χ3v) is 5.92. The molecule has 0 saturated carbocycles. The molecule has 10 nitrogen and oxygen atoms in total. The third-order valence-electron chi connectivity index (χ3n) is 5.92. The number of cyclic esters (lactones) is 1. The number of fused-ring (bicyclic) bond motifs is 1. The largest absolute Gasteiger partial charge is 0.442 e. The molecule has 0 bridgehead atoms. The van der Waals surface area contributed by atoms with Crippen molar-refractivity contribution in [2.75, 3.05) is 54.0 Å². The Morgan fingerprint density at radius 3 is 2.55 bits per heavy atom. The quantitative estimate of drug-likeness (QED) is 0.626. The number of aromatic nitrogens is 2. The molecule has 2 aliphatic heterocycles. The van der Waals surface area contributed by atoms with E-state index in [4.69, 9.17) is 9.37 Å². The van der Waals surface area contributed by atoms with E-state index in [0.29, 0.717) is 35.5 Å². The second kappa shape index (κ2) is 8.57. The Kier molecular flexibility index (Phi) is 5.45. The van der Waals surface area contributed by atoms with E-state index >= 15 is 4.39 Å². The molecule has 5 rings (SSSR count). The second-order valence-corrected chi connectivity index (χ2v) is 8.10. The Hall–Kier alpha value is -3.89. The Balaban J connectivity index is 1.23. The Bertz CT molecular complexity index is 1190. The van der Waals surface area contributed by atoms with E-state index in [0.717, 1.165) is 18.8 Å². The van der Waals surface area contributed by atoms with Gasteiger partial charge in [-0.3, -0.25) is 9.69 Å². The zero-order valence-corrected chi connectivity index (χ0v) is 18.0. The molecule has 2 saturated heterocycles. The molecule has 0 aliphatic carbocycles. The van der Waals surface area contributed by atoms with Gasteiger partial charge in [-0.2, -0.15) is 0 Å². The molecule has 2 fully saturated rings. The van der Waals surface area contributed by atoms with Crippen LogP contribution in [0.4, 0.5) is 26.2 Å². The number of amides is 2. The maximum atomic E-state index is 15.0. The van der Waals surface area contributed by atoms with E-state index in [1.54, 1.807) is 12.1 Å². The van der Waals surface area contributed by atoms with Crippen LogP contribution in [0.5, 0.6) is 0 Å². The first-order chi connectivity index (χ1) is 16.0. The van der Waals surface area contributed by atoms with Crippen LogP contribution in [0.2, 0.25) is 0 Å². The highest BCUT2D eigenvalue weighted by Crippen LogP contribution is 2.29. The smallest absolute Gasteiger partial charge is 0.414 e. The highest BCUT2D eigenvalue weighted by molar-refractivity contribution is 5.90. The van der Waals surface area contributed by atoms with Gasteiger partial charge in [-0.25, -0.2) is 13.8 Å². The van der Waals surface area contributed by atoms with Gasteiger partial charge in [-0.1, -0.05) is 0 Å². The number of carbonyl (C=O) groups excluding carboxylic acids is 2. The predicted molar refractivity (Wildman–Crippen MR) is 119 cm³/mol. The van der Waals surface area contributed by atoms with Gasteiger partial charge in [0, 0.05) is 38.8 Å². The molecule has 0 radical (unpaired) electrons. The summed E-state index contributed by atoms with van der Waals surface area (Å²) in [7, 11) is 0. The van der Waals surface area contributed by atoms with Crippen molar-refractivity contribution in [3.63, 3.8) is 0 Å². The summed E-state index contributed by atoms with van der Waals surface area (Å²) in [5, 5.41) is 10.3. The molecule has 3 heterocycles. The number of anilines is 3. The zero-order chi connectivity index (χ0) is 22.9. The van der Waals surface area contributed by atoms with E-state index in [1.165, 1.54) is 17.9 Å². The molecule has 2 amide bonds. The highest BCUT2D eigenvalue weighted by atomic mass is 19.1. The highest BCUT2D eigenvalue weighted by Gasteiger charge is 2.33. The molecule has 3 aromatic rings. The van der Waals surface area contributed by atoms with Gasteiger partial charge in [0.1, 0.15) is 23.0 Å². The summed E-state index contributed by atoms with van der Waals surface area (Å²) in [5.74, 6) is -0.593. The Labute approximate surface area is 188 Å². The number of nitrogens with one attached hydrogen (secondary N) is 1. The minimum atomic E-state index is -0.551. The monoisotopic (exact) mass is 454 g/mol. The summed E-state index contributed by atoms with van der Waals surface area (Å²) in [6.45, 7) is 4.62.